The second-order valence-electron chi connectivity index (χ2n) is 4.39. The lowest BCUT2D eigenvalue weighted by Crippen LogP contribution is -2.26. The number of halogens is 3. The van der Waals surface area contributed by atoms with Gasteiger partial charge in [0, 0.05) is 25.1 Å². The van der Waals surface area contributed by atoms with E-state index < -0.39 is 28.9 Å². The van der Waals surface area contributed by atoms with Crippen LogP contribution in [0.3, 0.4) is 0 Å². The number of carbonyl (C=O) groups is 2. The van der Waals surface area contributed by atoms with Crippen LogP contribution >= 0.6 is 0 Å². The summed E-state index contributed by atoms with van der Waals surface area (Å²) in [5, 5.41) is 2.34. The van der Waals surface area contributed by atoms with Crippen molar-refractivity contribution >= 4 is 11.9 Å². The summed E-state index contributed by atoms with van der Waals surface area (Å²) in [5.41, 5.74) is -0.800. The van der Waals surface area contributed by atoms with Gasteiger partial charge < -0.3 is 10.1 Å². The molecule has 0 spiro atoms. The predicted octanol–water partition coefficient (Wildman–Crippen LogP) is 2.57. The van der Waals surface area contributed by atoms with E-state index in [1.807, 2.05) is 0 Å². The van der Waals surface area contributed by atoms with Crippen LogP contribution in [0, 0.1) is 17.5 Å². The summed E-state index contributed by atoms with van der Waals surface area (Å²) in [5.74, 6) is -4.80. The highest BCUT2D eigenvalue weighted by Gasteiger charge is 2.18. The number of benzene rings is 1. The number of rotatable bonds is 7. The summed E-state index contributed by atoms with van der Waals surface area (Å²) in [6, 6.07) is 0.905. The fourth-order valence-electron chi connectivity index (χ4n) is 1.72. The van der Waals surface area contributed by atoms with Crippen LogP contribution in [-0.4, -0.2) is 25.5 Å². The first-order valence-corrected chi connectivity index (χ1v) is 6.45. The Labute approximate surface area is 120 Å². The van der Waals surface area contributed by atoms with Gasteiger partial charge in [-0.25, -0.2) is 13.2 Å². The minimum absolute atomic E-state index is 0.205. The first-order valence-electron chi connectivity index (χ1n) is 6.45. The van der Waals surface area contributed by atoms with Gasteiger partial charge in [-0.2, -0.15) is 0 Å². The lowest BCUT2D eigenvalue weighted by molar-refractivity contribution is -0.140. The molecule has 7 heteroatoms. The smallest absolute Gasteiger partial charge is 0.305 e. The van der Waals surface area contributed by atoms with Crippen molar-refractivity contribution in [3.05, 3.63) is 35.1 Å². The zero-order valence-corrected chi connectivity index (χ0v) is 11.5. The second-order valence-corrected chi connectivity index (χ2v) is 4.39. The predicted molar refractivity (Wildman–Crippen MR) is 69.1 cm³/mol. The van der Waals surface area contributed by atoms with Gasteiger partial charge in [0.1, 0.15) is 23.0 Å². The Morgan fingerprint density at radius 2 is 1.71 bits per heavy atom. The largest absolute Gasteiger partial charge is 0.469 e. The highest BCUT2D eigenvalue weighted by atomic mass is 19.1. The summed E-state index contributed by atoms with van der Waals surface area (Å²) < 4.78 is 43.8. The molecule has 1 aromatic rings. The van der Waals surface area contributed by atoms with Gasteiger partial charge in [-0.05, 0) is 12.8 Å². The maximum Gasteiger partial charge on any atom is 0.305 e. The number of esters is 1. The van der Waals surface area contributed by atoms with E-state index in [9.17, 15) is 22.8 Å². The third-order valence-electron chi connectivity index (χ3n) is 2.80. The SMILES string of the molecule is COC(=O)CCCCCNC(=O)c1c(F)cc(F)cc1F. The molecule has 0 aromatic heterocycles. The summed E-state index contributed by atoms with van der Waals surface area (Å²) in [4.78, 5) is 22.4. The van der Waals surface area contributed by atoms with Gasteiger partial charge in [0.05, 0.1) is 7.11 Å². The Balaban J connectivity index is 2.36. The normalized spacial score (nSPS) is 10.3. The van der Waals surface area contributed by atoms with Crippen molar-refractivity contribution in [2.24, 2.45) is 0 Å². The van der Waals surface area contributed by atoms with Gasteiger partial charge in [0.25, 0.3) is 5.91 Å². The van der Waals surface area contributed by atoms with Gasteiger partial charge >= 0.3 is 5.97 Å². The molecule has 4 nitrogen and oxygen atoms in total. The van der Waals surface area contributed by atoms with Crippen LogP contribution in [0.4, 0.5) is 13.2 Å². The van der Waals surface area contributed by atoms with Crippen LogP contribution in [-0.2, 0) is 9.53 Å². The Bertz CT molecular complexity index is 497. The van der Waals surface area contributed by atoms with E-state index in [4.69, 9.17) is 0 Å². The van der Waals surface area contributed by atoms with Crippen molar-refractivity contribution in [1.82, 2.24) is 5.32 Å². The molecular formula is C14H16F3NO3. The monoisotopic (exact) mass is 303 g/mol. The number of ether oxygens (including phenoxy) is 1. The molecule has 0 aliphatic rings. The Morgan fingerprint density at radius 3 is 2.29 bits per heavy atom. The minimum Gasteiger partial charge on any atom is -0.469 e. The Kier molecular flexibility index (Phi) is 6.71. The first kappa shape index (κ1) is 17.0. The molecule has 0 unspecified atom stereocenters. The molecule has 0 radical (unpaired) electrons. The number of hydrogen-bond donors (Lipinski definition) is 1. The van der Waals surface area contributed by atoms with E-state index in [0.29, 0.717) is 31.4 Å². The highest BCUT2D eigenvalue weighted by Crippen LogP contribution is 2.14. The average Bonchev–Trinajstić information content (AvgIpc) is 2.41. The van der Waals surface area contributed by atoms with Gasteiger partial charge in [-0.15, -0.1) is 0 Å². The van der Waals surface area contributed by atoms with Gasteiger partial charge in [0.15, 0.2) is 0 Å². The molecule has 0 saturated carbocycles. The third-order valence-corrected chi connectivity index (χ3v) is 2.80. The van der Waals surface area contributed by atoms with Crippen LogP contribution in [0.25, 0.3) is 0 Å². The van der Waals surface area contributed by atoms with E-state index in [1.165, 1.54) is 7.11 Å². The second kappa shape index (κ2) is 8.28. The van der Waals surface area contributed by atoms with Crippen molar-refractivity contribution in [2.45, 2.75) is 25.7 Å². The molecule has 21 heavy (non-hydrogen) atoms. The van der Waals surface area contributed by atoms with Crippen LogP contribution in [0.15, 0.2) is 12.1 Å². The van der Waals surface area contributed by atoms with Gasteiger partial charge in [0.2, 0.25) is 0 Å². The fourth-order valence-corrected chi connectivity index (χ4v) is 1.72. The number of unbranched alkanes of at least 4 members (excludes halogenated alkanes) is 2. The van der Waals surface area contributed by atoms with Crippen molar-refractivity contribution in [2.75, 3.05) is 13.7 Å². The first-order chi connectivity index (χ1) is 9.95. The maximum atomic E-state index is 13.3. The zero-order chi connectivity index (χ0) is 15.8. The molecule has 0 atom stereocenters. The standard InChI is InChI=1S/C14H16F3NO3/c1-21-12(19)5-3-2-4-6-18-14(20)13-10(16)7-9(15)8-11(13)17/h7-8H,2-6H2,1H3,(H,18,20). The van der Waals surface area contributed by atoms with Crippen molar-refractivity contribution in [3.8, 4) is 0 Å². The average molecular weight is 303 g/mol. The van der Waals surface area contributed by atoms with Crippen molar-refractivity contribution in [3.63, 3.8) is 0 Å². The van der Waals surface area contributed by atoms with E-state index in [0.717, 1.165) is 0 Å². The quantitative estimate of drug-likeness (QED) is 0.622. The maximum absolute atomic E-state index is 13.3. The molecular weight excluding hydrogens is 287 g/mol. The molecule has 0 heterocycles. The van der Waals surface area contributed by atoms with Crippen molar-refractivity contribution in [1.29, 1.82) is 0 Å². The molecule has 0 aliphatic heterocycles. The molecule has 1 N–H and O–H groups in total. The zero-order valence-electron chi connectivity index (χ0n) is 11.5. The van der Waals surface area contributed by atoms with Crippen LogP contribution < -0.4 is 5.32 Å². The van der Waals surface area contributed by atoms with E-state index in [-0.39, 0.29) is 18.9 Å². The molecule has 1 rings (SSSR count). The lowest BCUT2D eigenvalue weighted by Gasteiger charge is -2.07. The molecule has 1 amide bonds. The lowest BCUT2D eigenvalue weighted by atomic mass is 10.1. The molecule has 116 valence electrons. The van der Waals surface area contributed by atoms with E-state index in [2.05, 4.69) is 10.1 Å². The minimum atomic E-state index is -1.24. The number of nitrogens with one attached hydrogen (secondary N) is 1. The van der Waals surface area contributed by atoms with Gasteiger partial charge in [-0.3, -0.25) is 9.59 Å². The molecule has 0 saturated heterocycles. The highest BCUT2D eigenvalue weighted by molar-refractivity contribution is 5.94. The summed E-state index contributed by atoms with van der Waals surface area (Å²) in [6.07, 6.45) is 2.09. The Morgan fingerprint density at radius 1 is 1.10 bits per heavy atom. The van der Waals surface area contributed by atoms with Crippen LogP contribution in [0.1, 0.15) is 36.0 Å². The fraction of sp³-hybridized carbons (Fsp3) is 0.429. The molecule has 1 aromatic carbocycles. The topological polar surface area (TPSA) is 55.4 Å². The van der Waals surface area contributed by atoms with Gasteiger partial charge in [-0.1, -0.05) is 6.42 Å². The van der Waals surface area contributed by atoms with Crippen molar-refractivity contribution < 1.29 is 27.5 Å². The number of amides is 1. The Hall–Kier alpha value is -2.05. The summed E-state index contributed by atoms with van der Waals surface area (Å²) in [7, 11) is 1.30. The molecule has 0 aliphatic carbocycles. The summed E-state index contributed by atoms with van der Waals surface area (Å²) in [6.45, 7) is 0.205. The van der Waals surface area contributed by atoms with E-state index in [1.54, 1.807) is 0 Å². The number of methoxy groups -OCH3 is 1. The molecule has 0 fully saturated rings. The number of carbonyl (C=O) groups excluding carboxylic acids is 2. The van der Waals surface area contributed by atoms with Crippen LogP contribution in [0.5, 0.6) is 0 Å². The summed E-state index contributed by atoms with van der Waals surface area (Å²) >= 11 is 0. The third kappa shape index (κ3) is 5.45. The molecule has 0 bridgehead atoms. The van der Waals surface area contributed by atoms with E-state index >= 15 is 0 Å². The number of hydrogen-bond acceptors (Lipinski definition) is 3. The van der Waals surface area contributed by atoms with Crippen LogP contribution in [0.2, 0.25) is 0 Å².